The first-order valence-corrected chi connectivity index (χ1v) is 11.0. The van der Waals surface area contributed by atoms with E-state index in [1.807, 2.05) is 38.1 Å². The number of aromatic nitrogens is 2. The summed E-state index contributed by atoms with van der Waals surface area (Å²) in [7, 11) is 0. The van der Waals surface area contributed by atoms with Crippen LogP contribution >= 0.6 is 11.3 Å². The van der Waals surface area contributed by atoms with Crippen molar-refractivity contribution in [2.45, 2.75) is 33.4 Å². The molecular weight excluding hydrogens is 426 g/mol. The molecule has 4 aromatic rings. The number of carbonyl (C=O) groups is 2. The van der Waals surface area contributed by atoms with Crippen molar-refractivity contribution in [3.63, 3.8) is 0 Å². The van der Waals surface area contributed by atoms with Crippen LogP contribution in [0.15, 0.2) is 58.4 Å². The number of aliphatic hydroxyl groups excluding tert-OH is 1. The fourth-order valence-corrected chi connectivity index (χ4v) is 5.31. The third-order valence-electron chi connectivity index (χ3n) is 5.78. The molecule has 162 valence electrons. The zero-order valence-electron chi connectivity index (χ0n) is 17.8. The maximum absolute atomic E-state index is 13.7. The van der Waals surface area contributed by atoms with E-state index < -0.39 is 17.7 Å². The molecule has 0 spiro atoms. The summed E-state index contributed by atoms with van der Waals surface area (Å²) in [5, 5.41) is 12.6. The third kappa shape index (κ3) is 3.06. The van der Waals surface area contributed by atoms with Gasteiger partial charge in [0.1, 0.15) is 5.76 Å². The maximum atomic E-state index is 13.7. The highest BCUT2D eigenvalue weighted by molar-refractivity contribution is 7.14. The number of hydrogen-bond donors (Lipinski definition) is 2. The van der Waals surface area contributed by atoms with Crippen LogP contribution in [0.2, 0.25) is 0 Å². The lowest BCUT2D eigenvalue weighted by Gasteiger charge is -2.26. The summed E-state index contributed by atoms with van der Waals surface area (Å²) in [5.74, 6) is -0.942. The van der Waals surface area contributed by atoms with Crippen LogP contribution in [0.5, 0.6) is 0 Å². The van der Waals surface area contributed by atoms with Gasteiger partial charge in [-0.1, -0.05) is 18.2 Å². The van der Waals surface area contributed by atoms with Crippen LogP contribution in [-0.4, -0.2) is 31.7 Å². The number of nitrogens with zero attached hydrogens (tertiary/aromatic N) is 2. The van der Waals surface area contributed by atoms with Crippen LogP contribution in [0, 0.1) is 20.8 Å². The number of aliphatic hydroxyl groups is 1. The molecule has 0 saturated carbocycles. The zero-order chi connectivity index (χ0) is 22.6. The molecule has 1 aliphatic rings. The summed E-state index contributed by atoms with van der Waals surface area (Å²) in [4.78, 5) is 36.5. The normalized spacial score (nSPS) is 16.5. The van der Waals surface area contributed by atoms with Crippen LogP contribution in [0.3, 0.4) is 0 Å². The number of rotatable bonds is 5. The number of aryl methyl sites for hydroxylation is 3. The number of furan rings is 1. The number of H-pyrrole nitrogens is 1. The minimum Gasteiger partial charge on any atom is -0.503 e. The van der Waals surface area contributed by atoms with E-state index in [4.69, 9.17) is 4.42 Å². The van der Waals surface area contributed by atoms with E-state index in [-0.39, 0.29) is 17.9 Å². The Kier molecular flexibility index (Phi) is 4.74. The molecule has 1 unspecified atom stereocenters. The van der Waals surface area contributed by atoms with Gasteiger partial charge in [-0.25, -0.2) is 4.98 Å². The first-order chi connectivity index (χ1) is 15.4. The van der Waals surface area contributed by atoms with E-state index >= 15 is 0 Å². The summed E-state index contributed by atoms with van der Waals surface area (Å²) in [6.45, 7) is 5.62. The Morgan fingerprint density at radius 2 is 2.00 bits per heavy atom. The molecule has 2 N–H and O–H groups in total. The summed E-state index contributed by atoms with van der Waals surface area (Å²) in [6.07, 6.45) is 1.53. The molecule has 8 heteroatoms. The molecule has 0 aliphatic carbocycles. The van der Waals surface area contributed by atoms with Gasteiger partial charge in [-0.2, -0.15) is 0 Å². The number of benzene rings is 1. The monoisotopic (exact) mass is 447 g/mol. The Balaban J connectivity index is 1.71. The SMILES string of the molecule is Cc1nc(C)c(C(=O)C2=C(O)C(=O)N(Cc3ccco3)C2c2c(C)[nH]c3ccccc23)s1. The van der Waals surface area contributed by atoms with Crippen LogP contribution in [0.4, 0.5) is 0 Å². The summed E-state index contributed by atoms with van der Waals surface area (Å²) >= 11 is 1.26. The number of aromatic amines is 1. The molecule has 0 saturated heterocycles. The standard InChI is InChI=1S/C24H21N3O4S/c1-12-18(16-8-4-5-9-17(16)26-12)20-19(21(28)23-13(2)25-14(3)32-23)22(29)24(30)27(20)11-15-7-6-10-31-15/h4-10,20,26,29H,11H2,1-3H3. The molecule has 5 rings (SSSR count). The first kappa shape index (κ1) is 20.3. The van der Waals surface area contributed by atoms with Crippen molar-refractivity contribution in [1.82, 2.24) is 14.9 Å². The number of fused-ring (bicyclic) bond motifs is 1. The first-order valence-electron chi connectivity index (χ1n) is 10.2. The third-order valence-corrected chi connectivity index (χ3v) is 6.85. The molecule has 1 aliphatic heterocycles. The number of nitrogens with one attached hydrogen (secondary N) is 1. The van der Waals surface area contributed by atoms with Gasteiger partial charge >= 0.3 is 0 Å². The molecule has 4 heterocycles. The minimum absolute atomic E-state index is 0.0705. The van der Waals surface area contributed by atoms with Gasteiger partial charge in [0.05, 0.1) is 40.0 Å². The predicted molar refractivity (Wildman–Crippen MR) is 121 cm³/mol. The lowest BCUT2D eigenvalue weighted by Crippen LogP contribution is -2.30. The van der Waals surface area contributed by atoms with Gasteiger partial charge < -0.3 is 19.4 Å². The minimum atomic E-state index is -0.766. The maximum Gasteiger partial charge on any atom is 0.290 e. The van der Waals surface area contributed by atoms with Crippen molar-refractivity contribution < 1.29 is 19.1 Å². The Morgan fingerprint density at radius 1 is 1.22 bits per heavy atom. The number of Topliss-reactive ketones (excluding diaryl/α,β-unsaturated/α-hetero) is 1. The van der Waals surface area contributed by atoms with Crippen molar-refractivity contribution in [1.29, 1.82) is 0 Å². The molecule has 1 aromatic carbocycles. The van der Waals surface area contributed by atoms with E-state index in [1.165, 1.54) is 22.5 Å². The molecule has 3 aromatic heterocycles. The lowest BCUT2D eigenvalue weighted by molar-refractivity contribution is -0.130. The second-order valence-corrected chi connectivity index (χ2v) is 9.07. The van der Waals surface area contributed by atoms with Crippen LogP contribution in [0.25, 0.3) is 10.9 Å². The van der Waals surface area contributed by atoms with Gasteiger partial charge in [0.15, 0.2) is 5.76 Å². The summed E-state index contributed by atoms with van der Waals surface area (Å²) in [6, 6.07) is 10.5. The Labute approximate surface area is 188 Å². The predicted octanol–water partition coefficient (Wildman–Crippen LogP) is 4.92. The highest BCUT2D eigenvalue weighted by Gasteiger charge is 2.46. The number of thiazole rings is 1. The van der Waals surface area contributed by atoms with Gasteiger partial charge in [0.25, 0.3) is 5.91 Å². The molecule has 0 radical (unpaired) electrons. The number of amides is 1. The number of ketones is 1. The van der Waals surface area contributed by atoms with E-state index in [0.29, 0.717) is 16.3 Å². The molecular formula is C24H21N3O4S. The molecule has 7 nitrogen and oxygen atoms in total. The number of carbonyl (C=O) groups excluding carboxylic acids is 2. The van der Waals surface area contributed by atoms with Crippen LogP contribution in [0.1, 0.15) is 43.4 Å². The fourth-order valence-electron chi connectivity index (χ4n) is 4.43. The number of hydrogen-bond acceptors (Lipinski definition) is 6. The topological polar surface area (TPSA) is 99.4 Å². The van der Waals surface area contributed by atoms with Crippen molar-refractivity contribution in [2.75, 3.05) is 0 Å². The quantitative estimate of drug-likeness (QED) is 0.423. The second-order valence-electron chi connectivity index (χ2n) is 7.86. The van der Waals surface area contributed by atoms with Gasteiger partial charge in [-0.3, -0.25) is 9.59 Å². The van der Waals surface area contributed by atoms with E-state index in [2.05, 4.69) is 9.97 Å². The van der Waals surface area contributed by atoms with Crippen LogP contribution in [-0.2, 0) is 11.3 Å². The van der Waals surface area contributed by atoms with E-state index in [0.717, 1.165) is 27.2 Å². The van der Waals surface area contributed by atoms with Crippen molar-refractivity contribution >= 4 is 33.9 Å². The molecule has 0 fully saturated rings. The van der Waals surface area contributed by atoms with Crippen LogP contribution < -0.4 is 0 Å². The average Bonchev–Trinajstić information content (AvgIpc) is 3.51. The second kappa shape index (κ2) is 7.49. The molecule has 1 atom stereocenters. The lowest BCUT2D eigenvalue weighted by atomic mass is 9.93. The fraction of sp³-hybridized carbons (Fsp3) is 0.208. The zero-order valence-corrected chi connectivity index (χ0v) is 18.6. The van der Waals surface area contributed by atoms with Gasteiger partial charge in [-0.05, 0) is 39.0 Å². The van der Waals surface area contributed by atoms with Gasteiger partial charge in [0, 0.05) is 22.2 Å². The molecule has 1 amide bonds. The van der Waals surface area contributed by atoms with Crippen molar-refractivity contribution in [2.24, 2.45) is 0 Å². The smallest absolute Gasteiger partial charge is 0.290 e. The Hall–Kier alpha value is -3.65. The largest absolute Gasteiger partial charge is 0.503 e. The summed E-state index contributed by atoms with van der Waals surface area (Å²) < 4.78 is 5.47. The van der Waals surface area contributed by atoms with Gasteiger partial charge in [0.2, 0.25) is 5.78 Å². The van der Waals surface area contributed by atoms with E-state index in [1.54, 1.807) is 19.1 Å². The van der Waals surface area contributed by atoms with Crippen molar-refractivity contribution in [3.8, 4) is 0 Å². The highest BCUT2D eigenvalue weighted by Crippen LogP contribution is 2.44. The Morgan fingerprint density at radius 3 is 2.69 bits per heavy atom. The summed E-state index contributed by atoms with van der Waals surface area (Å²) in [5.41, 5.74) is 3.16. The van der Waals surface area contributed by atoms with Gasteiger partial charge in [-0.15, -0.1) is 11.3 Å². The van der Waals surface area contributed by atoms with Crippen molar-refractivity contribution in [3.05, 3.63) is 86.6 Å². The molecule has 0 bridgehead atoms. The Bertz CT molecular complexity index is 1390. The molecule has 32 heavy (non-hydrogen) atoms. The highest BCUT2D eigenvalue weighted by atomic mass is 32.1. The van der Waals surface area contributed by atoms with E-state index in [9.17, 15) is 14.7 Å². The average molecular weight is 448 g/mol. The number of para-hydroxylation sites is 1.